The van der Waals surface area contributed by atoms with Crippen LogP contribution in [0.15, 0.2) is 57.9 Å². The summed E-state index contributed by atoms with van der Waals surface area (Å²) in [5.74, 6) is 1.63. The number of nitriles is 1. The van der Waals surface area contributed by atoms with Crippen molar-refractivity contribution in [3.8, 4) is 23.2 Å². The average Bonchev–Trinajstić information content (AvgIpc) is 3.28. The molecule has 3 aromatic rings. The molecule has 9 nitrogen and oxygen atoms in total. The molecule has 0 amide bonds. The van der Waals surface area contributed by atoms with E-state index in [4.69, 9.17) is 14.5 Å². The fourth-order valence-corrected chi connectivity index (χ4v) is 4.95. The Kier molecular flexibility index (Phi) is 6.50. The molecule has 0 radical (unpaired) electrons. The number of sulfonamides is 1. The van der Waals surface area contributed by atoms with Crippen LogP contribution in [-0.4, -0.2) is 60.5 Å². The number of hydrogen-bond donors (Lipinski definition) is 0. The summed E-state index contributed by atoms with van der Waals surface area (Å²) >= 11 is 0. The molecule has 0 saturated carbocycles. The van der Waals surface area contributed by atoms with Gasteiger partial charge in [0.05, 0.1) is 35.2 Å². The normalized spacial score (nSPS) is 15.4. The number of rotatable bonds is 7. The number of nitrogens with zero attached hydrogens (tertiary/aromatic N) is 5. The summed E-state index contributed by atoms with van der Waals surface area (Å²) in [6.45, 7) is 4.70. The zero-order valence-electron chi connectivity index (χ0n) is 17.6. The number of piperazine rings is 1. The monoisotopic (exact) mass is 453 g/mol. The first-order valence-corrected chi connectivity index (χ1v) is 11.7. The van der Waals surface area contributed by atoms with Crippen LogP contribution in [0.1, 0.15) is 18.4 Å². The summed E-state index contributed by atoms with van der Waals surface area (Å²) in [6.07, 6.45) is 0. The highest BCUT2D eigenvalue weighted by Crippen LogP contribution is 2.28. The van der Waals surface area contributed by atoms with Crippen LogP contribution in [0.3, 0.4) is 0 Å². The van der Waals surface area contributed by atoms with Crippen molar-refractivity contribution in [3.63, 3.8) is 0 Å². The van der Waals surface area contributed by atoms with Crippen LogP contribution in [0.25, 0.3) is 11.4 Å². The summed E-state index contributed by atoms with van der Waals surface area (Å²) in [5.41, 5.74) is 1.19. The third-order valence-electron chi connectivity index (χ3n) is 5.21. The van der Waals surface area contributed by atoms with E-state index in [2.05, 4.69) is 15.0 Å². The Morgan fingerprint density at radius 2 is 1.81 bits per heavy atom. The van der Waals surface area contributed by atoms with E-state index in [1.54, 1.807) is 0 Å². The average molecular weight is 454 g/mol. The fraction of sp³-hybridized carbons (Fsp3) is 0.318. The highest BCUT2D eigenvalue weighted by Gasteiger charge is 2.29. The van der Waals surface area contributed by atoms with Gasteiger partial charge in [-0.05, 0) is 43.3 Å². The second-order valence-electron chi connectivity index (χ2n) is 7.26. The number of benzene rings is 2. The third-order valence-corrected chi connectivity index (χ3v) is 7.12. The van der Waals surface area contributed by atoms with Gasteiger partial charge in [-0.2, -0.15) is 14.6 Å². The first kappa shape index (κ1) is 22.0. The molecule has 0 spiro atoms. The van der Waals surface area contributed by atoms with Gasteiger partial charge in [-0.1, -0.05) is 17.3 Å². The van der Waals surface area contributed by atoms with E-state index in [1.807, 2.05) is 37.3 Å². The lowest BCUT2D eigenvalue weighted by Gasteiger charge is -2.33. The van der Waals surface area contributed by atoms with Gasteiger partial charge < -0.3 is 9.26 Å². The van der Waals surface area contributed by atoms with Crippen LogP contribution in [-0.2, 0) is 16.6 Å². The molecule has 2 heterocycles. The van der Waals surface area contributed by atoms with Crippen LogP contribution >= 0.6 is 0 Å². The Balaban J connectivity index is 1.38. The van der Waals surface area contributed by atoms with E-state index in [9.17, 15) is 8.42 Å². The zero-order valence-corrected chi connectivity index (χ0v) is 18.5. The standard InChI is InChI=1S/C22H23N5O4S/c1-2-30-20-6-4-3-5-19(20)22-24-21(31-25-22)16-26-11-13-27(14-12-26)32(28,29)18-9-7-17(15-23)8-10-18/h3-10H,2,11-14,16H2,1H3. The Morgan fingerprint density at radius 1 is 1.09 bits per heavy atom. The van der Waals surface area contributed by atoms with Gasteiger partial charge in [0, 0.05) is 26.2 Å². The molecule has 1 aliphatic heterocycles. The van der Waals surface area contributed by atoms with Crippen molar-refractivity contribution >= 4 is 10.0 Å². The molecule has 10 heteroatoms. The van der Waals surface area contributed by atoms with E-state index in [0.717, 1.165) is 5.56 Å². The number of para-hydroxylation sites is 1. The molecule has 0 atom stereocenters. The topological polar surface area (TPSA) is 113 Å². The van der Waals surface area contributed by atoms with Gasteiger partial charge in [-0.15, -0.1) is 0 Å². The molecule has 4 rings (SSSR count). The van der Waals surface area contributed by atoms with Crippen LogP contribution < -0.4 is 4.74 Å². The Morgan fingerprint density at radius 3 is 2.50 bits per heavy atom. The second kappa shape index (κ2) is 9.48. The number of hydrogen-bond acceptors (Lipinski definition) is 8. The third kappa shape index (κ3) is 4.65. The van der Waals surface area contributed by atoms with Gasteiger partial charge in [0.15, 0.2) is 0 Å². The molecular weight excluding hydrogens is 430 g/mol. The van der Waals surface area contributed by atoms with Crippen molar-refractivity contribution in [1.82, 2.24) is 19.3 Å². The van der Waals surface area contributed by atoms with Gasteiger partial charge >= 0.3 is 0 Å². The minimum Gasteiger partial charge on any atom is -0.493 e. The summed E-state index contributed by atoms with van der Waals surface area (Å²) < 4.78 is 38.3. The van der Waals surface area contributed by atoms with Crippen molar-refractivity contribution in [2.75, 3.05) is 32.8 Å². The predicted molar refractivity (Wildman–Crippen MR) is 116 cm³/mol. The van der Waals surface area contributed by atoms with Crippen molar-refractivity contribution < 1.29 is 17.7 Å². The molecule has 0 N–H and O–H groups in total. The maximum atomic E-state index is 12.9. The van der Waals surface area contributed by atoms with Gasteiger partial charge in [-0.3, -0.25) is 4.90 Å². The van der Waals surface area contributed by atoms with E-state index < -0.39 is 10.0 Å². The van der Waals surface area contributed by atoms with E-state index in [0.29, 0.717) is 62.4 Å². The molecule has 166 valence electrons. The van der Waals surface area contributed by atoms with E-state index in [-0.39, 0.29) is 4.90 Å². The minimum absolute atomic E-state index is 0.194. The molecule has 0 bridgehead atoms. The maximum absolute atomic E-state index is 12.9. The molecule has 1 fully saturated rings. The van der Waals surface area contributed by atoms with Crippen LogP contribution in [0, 0.1) is 11.3 Å². The largest absolute Gasteiger partial charge is 0.493 e. The first-order valence-electron chi connectivity index (χ1n) is 10.3. The lowest BCUT2D eigenvalue weighted by atomic mass is 10.2. The molecule has 32 heavy (non-hydrogen) atoms. The second-order valence-corrected chi connectivity index (χ2v) is 9.20. The molecule has 0 unspecified atom stereocenters. The first-order chi connectivity index (χ1) is 15.5. The molecule has 0 aliphatic carbocycles. The fourth-order valence-electron chi connectivity index (χ4n) is 3.53. The van der Waals surface area contributed by atoms with Crippen LogP contribution in [0.5, 0.6) is 5.75 Å². The lowest BCUT2D eigenvalue weighted by molar-refractivity contribution is 0.163. The van der Waals surface area contributed by atoms with Crippen molar-refractivity contribution in [2.24, 2.45) is 0 Å². The minimum atomic E-state index is -3.59. The maximum Gasteiger partial charge on any atom is 0.243 e. The van der Waals surface area contributed by atoms with E-state index in [1.165, 1.54) is 28.6 Å². The number of aromatic nitrogens is 2. The van der Waals surface area contributed by atoms with Gasteiger partial charge in [0.2, 0.25) is 21.7 Å². The predicted octanol–water partition coefficient (Wildman–Crippen LogP) is 2.51. The summed E-state index contributed by atoms with van der Waals surface area (Å²) in [4.78, 5) is 6.77. The van der Waals surface area contributed by atoms with Crippen molar-refractivity contribution in [3.05, 3.63) is 60.0 Å². The summed E-state index contributed by atoms with van der Waals surface area (Å²) in [6, 6.07) is 15.5. The smallest absolute Gasteiger partial charge is 0.243 e. The Labute approximate surface area is 186 Å². The highest BCUT2D eigenvalue weighted by molar-refractivity contribution is 7.89. The van der Waals surface area contributed by atoms with Gasteiger partial charge in [-0.25, -0.2) is 8.42 Å². The Bertz CT molecular complexity index is 1210. The Hall–Kier alpha value is -3.26. The highest BCUT2D eigenvalue weighted by atomic mass is 32.2. The summed E-state index contributed by atoms with van der Waals surface area (Å²) in [5, 5.41) is 13.0. The zero-order chi connectivity index (χ0) is 22.6. The van der Waals surface area contributed by atoms with Crippen LogP contribution in [0.2, 0.25) is 0 Å². The van der Waals surface area contributed by atoms with Gasteiger partial charge in [0.25, 0.3) is 0 Å². The molecule has 1 aliphatic rings. The SMILES string of the molecule is CCOc1ccccc1-c1noc(CN2CCN(S(=O)(=O)c3ccc(C#N)cc3)CC2)n1. The molecule has 2 aromatic carbocycles. The van der Waals surface area contributed by atoms with Crippen molar-refractivity contribution in [2.45, 2.75) is 18.4 Å². The lowest BCUT2D eigenvalue weighted by Crippen LogP contribution is -2.48. The summed E-state index contributed by atoms with van der Waals surface area (Å²) in [7, 11) is -3.59. The number of ether oxygens (including phenoxy) is 1. The molecule has 1 aromatic heterocycles. The van der Waals surface area contributed by atoms with Gasteiger partial charge in [0.1, 0.15) is 5.75 Å². The van der Waals surface area contributed by atoms with Crippen molar-refractivity contribution in [1.29, 1.82) is 5.26 Å². The quantitative estimate of drug-likeness (QED) is 0.536. The molecule has 1 saturated heterocycles. The van der Waals surface area contributed by atoms with E-state index >= 15 is 0 Å². The van der Waals surface area contributed by atoms with Crippen LogP contribution in [0.4, 0.5) is 0 Å². The molecular formula is C22H23N5O4S.